The Morgan fingerprint density at radius 3 is 2.47 bits per heavy atom. The topological polar surface area (TPSA) is 101 Å². The highest BCUT2D eigenvalue weighted by Crippen LogP contribution is 2.39. The van der Waals surface area contributed by atoms with Crippen molar-refractivity contribution in [2.45, 2.75) is 51.1 Å². The molecule has 1 aliphatic heterocycles. The van der Waals surface area contributed by atoms with Crippen LogP contribution >= 0.6 is 0 Å². The van der Waals surface area contributed by atoms with Crippen molar-refractivity contribution in [3.63, 3.8) is 0 Å². The van der Waals surface area contributed by atoms with E-state index >= 15 is 0 Å². The summed E-state index contributed by atoms with van der Waals surface area (Å²) in [6, 6.07) is 9.01. The third-order valence-electron chi connectivity index (χ3n) is 6.18. The molecule has 0 radical (unpaired) electrons. The summed E-state index contributed by atoms with van der Waals surface area (Å²) in [4.78, 5) is 42.4. The molecule has 38 heavy (non-hydrogen) atoms. The van der Waals surface area contributed by atoms with E-state index in [1.165, 1.54) is 30.3 Å². The molecule has 2 unspecified atom stereocenters. The smallest absolute Gasteiger partial charge is 0.418 e. The maximum absolute atomic E-state index is 14.1. The third-order valence-corrected chi connectivity index (χ3v) is 6.18. The molecule has 0 saturated carbocycles. The minimum Gasteiger partial charge on any atom is -0.467 e. The monoisotopic (exact) mass is 531 g/mol. The lowest BCUT2D eigenvalue weighted by molar-refractivity contribution is -0.142. The number of hydrogen-bond acceptors (Lipinski definition) is 6. The Labute approximate surface area is 216 Å². The van der Waals surface area contributed by atoms with Crippen molar-refractivity contribution in [1.82, 2.24) is 4.98 Å². The van der Waals surface area contributed by atoms with Gasteiger partial charge < -0.3 is 24.7 Å². The second kappa shape index (κ2) is 10.1. The molecule has 1 amide bonds. The fourth-order valence-corrected chi connectivity index (χ4v) is 4.61. The highest BCUT2D eigenvalue weighted by Gasteiger charge is 2.41. The number of ether oxygens (including phenoxy) is 2. The molecule has 2 heterocycles. The van der Waals surface area contributed by atoms with Crippen LogP contribution in [0.4, 0.5) is 24.5 Å². The minimum atomic E-state index is -4.84. The number of anilines is 2. The molecule has 1 aliphatic rings. The van der Waals surface area contributed by atoms with Crippen LogP contribution in [0.2, 0.25) is 0 Å². The maximum atomic E-state index is 14.1. The first-order valence-electron chi connectivity index (χ1n) is 11.9. The number of alkyl halides is 3. The fraction of sp³-hybridized carbons (Fsp3) is 0.370. The summed E-state index contributed by atoms with van der Waals surface area (Å²) in [5, 5.41) is 2.47. The second-order valence-electron chi connectivity index (χ2n) is 10.0. The normalized spacial score (nSPS) is 18.0. The average molecular weight is 532 g/mol. The van der Waals surface area contributed by atoms with E-state index in [1.54, 1.807) is 18.2 Å². The number of carbonyl (C=O) groups excluding carboxylic acids is 2. The molecule has 1 aromatic heterocycles. The second-order valence-corrected chi connectivity index (χ2v) is 10.0. The molecular formula is C27H28F3N3O5. The Balaban J connectivity index is 1.67. The van der Waals surface area contributed by atoms with E-state index in [1.807, 2.05) is 20.8 Å². The molecule has 2 N–H and O–H groups in total. The molecule has 11 heteroatoms. The Morgan fingerprint density at radius 2 is 1.82 bits per heavy atom. The predicted molar refractivity (Wildman–Crippen MR) is 136 cm³/mol. The van der Waals surface area contributed by atoms with Gasteiger partial charge >= 0.3 is 12.1 Å². The van der Waals surface area contributed by atoms with Gasteiger partial charge in [0.05, 0.1) is 30.1 Å². The first-order valence-corrected chi connectivity index (χ1v) is 11.9. The molecule has 0 aliphatic carbocycles. The lowest BCUT2D eigenvalue weighted by Gasteiger charge is -2.27. The molecule has 0 spiro atoms. The standard InChI is InChI=1S/C27H28F3N3O5/c1-26(2,3)38-16-12-22(25(36)37-4)33(14-16)15-9-10-21(19(11-15)27(28,29)30)32-24(35)18-13-31-20-8-6-5-7-17(20)23(18)34/h5-11,13,16,22H,12,14H2,1-4H3,(H,31,34)(H,32,35). The number of hydrogen-bond donors (Lipinski definition) is 2. The number of amides is 1. The maximum Gasteiger partial charge on any atom is 0.418 e. The number of esters is 1. The van der Waals surface area contributed by atoms with Crippen LogP contribution in [0.3, 0.4) is 0 Å². The summed E-state index contributed by atoms with van der Waals surface area (Å²) in [7, 11) is 1.22. The Bertz CT molecular complexity index is 1430. The number of rotatable bonds is 5. The molecule has 8 nitrogen and oxygen atoms in total. The number of carbonyl (C=O) groups is 2. The number of pyridine rings is 1. The summed E-state index contributed by atoms with van der Waals surface area (Å²) in [6.07, 6.45) is -3.83. The van der Waals surface area contributed by atoms with Gasteiger partial charge in [-0.1, -0.05) is 12.1 Å². The number of nitrogens with one attached hydrogen (secondary N) is 2. The first kappa shape index (κ1) is 27.2. The zero-order valence-electron chi connectivity index (χ0n) is 21.3. The van der Waals surface area contributed by atoms with Crippen molar-refractivity contribution >= 4 is 34.2 Å². The first-order chi connectivity index (χ1) is 17.8. The van der Waals surface area contributed by atoms with Crippen molar-refractivity contribution in [3.05, 3.63) is 70.0 Å². The summed E-state index contributed by atoms with van der Waals surface area (Å²) >= 11 is 0. The van der Waals surface area contributed by atoms with Crippen LogP contribution in [0.25, 0.3) is 10.9 Å². The number of halogens is 3. The number of benzene rings is 2. The van der Waals surface area contributed by atoms with Crippen molar-refractivity contribution in [2.75, 3.05) is 23.9 Å². The van der Waals surface area contributed by atoms with Crippen LogP contribution in [-0.2, 0) is 20.4 Å². The van der Waals surface area contributed by atoms with E-state index in [0.29, 0.717) is 5.52 Å². The fourth-order valence-electron chi connectivity index (χ4n) is 4.61. The average Bonchev–Trinajstić information content (AvgIpc) is 3.25. The van der Waals surface area contributed by atoms with E-state index in [2.05, 4.69) is 10.3 Å². The third kappa shape index (κ3) is 5.67. The van der Waals surface area contributed by atoms with Gasteiger partial charge in [0.15, 0.2) is 0 Å². The Hall–Kier alpha value is -3.86. The van der Waals surface area contributed by atoms with Crippen LogP contribution in [0, 0.1) is 0 Å². The van der Waals surface area contributed by atoms with E-state index in [9.17, 15) is 27.6 Å². The Morgan fingerprint density at radius 1 is 1.11 bits per heavy atom. The van der Waals surface area contributed by atoms with Crippen molar-refractivity contribution in [3.8, 4) is 0 Å². The molecule has 0 bridgehead atoms. The SMILES string of the molecule is COC(=O)C1CC(OC(C)(C)C)CN1c1ccc(NC(=O)c2c[nH]c3ccccc3c2=O)c(C(F)(F)F)c1. The van der Waals surface area contributed by atoms with Gasteiger partial charge in [-0.25, -0.2) is 4.79 Å². The van der Waals surface area contributed by atoms with Crippen LogP contribution in [0.1, 0.15) is 43.1 Å². The number of para-hydroxylation sites is 1. The number of fused-ring (bicyclic) bond motifs is 1. The number of aromatic amines is 1. The van der Waals surface area contributed by atoms with Gasteiger partial charge in [0.1, 0.15) is 11.6 Å². The van der Waals surface area contributed by atoms with Crippen LogP contribution in [0.15, 0.2) is 53.5 Å². The van der Waals surface area contributed by atoms with Gasteiger partial charge in [-0.15, -0.1) is 0 Å². The zero-order valence-corrected chi connectivity index (χ0v) is 21.3. The molecule has 1 saturated heterocycles. The van der Waals surface area contributed by atoms with Crippen molar-refractivity contribution in [1.29, 1.82) is 0 Å². The van der Waals surface area contributed by atoms with Crippen molar-refractivity contribution in [2.24, 2.45) is 0 Å². The highest BCUT2D eigenvalue weighted by atomic mass is 19.4. The van der Waals surface area contributed by atoms with Crippen LogP contribution < -0.4 is 15.6 Å². The minimum absolute atomic E-state index is 0.120. The van der Waals surface area contributed by atoms with Gasteiger partial charge in [-0.2, -0.15) is 13.2 Å². The summed E-state index contributed by atoms with van der Waals surface area (Å²) in [5.41, 5.74) is -2.48. The zero-order chi connectivity index (χ0) is 27.8. The number of methoxy groups -OCH3 is 1. The molecule has 2 atom stereocenters. The van der Waals surface area contributed by atoms with E-state index in [4.69, 9.17) is 9.47 Å². The predicted octanol–water partition coefficient (Wildman–Crippen LogP) is 4.73. The summed E-state index contributed by atoms with van der Waals surface area (Å²) < 4.78 is 53.2. The van der Waals surface area contributed by atoms with E-state index in [0.717, 1.165) is 12.1 Å². The van der Waals surface area contributed by atoms with Gasteiger partial charge in [-0.3, -0.25) is 9.59 Å². The highest BCUT2D eigenvalue weighted by molar-refractivity contribution is 6.06. The van der Waals surface area contributed by atoms with Crippen LogP contribution in [0.5, 0.6) is 0 Å². The number of nitrogens with zero attached hydrogens (tertiary/aromatic N) is 1. The van der Waals surface area contributed by atoms with Crippen molar-refractivity contribution < 1.29 is 32.2 Å². The molecule has 4 rings (SSSR count). The van der Waals surface area contributed by atoms with Crippen LogP contribution in [-0.4, -0.2) is 48.3 Å². The molecular weight excluding hydrogens is 503 g/mol. The van der Waals surface area contributed by atoms with E-state index in [-0.39, 0.29) is 29.6 Å². The van der Waals surface area contributed by atoms with Gasteiger partial charge in [0, 0.05) is 35.8 Å². The lowest BCUT2D eigenvalue weighted by Crippen LogP contribution is -2.37. The van der Waals surface area contributed by atoms with Gasteiger partial charge in [0.2, 0.25) is 5.43 Å². The molecule has 1 fully saturated rings. The summed E-state index contributed by atoms with van der Waals surface area (Å²) in [6.45, 7) is 5.72. The summed E-state index contributed by atoms with van der Waals surface area (Å²) in [5.74, 6) is -1.58. The molecule has 2 aromatic carbocycles. The number of aromatic nitrogens is 1. The lowest BCUT2D eigenvalue weighted by atomic mass is 10.1. The molecule has 3 aromatic rings. The molecule has 202 valence electrons. The number of H-pyrrole nitrogens is 1. The van der Waals surface area contributed by atoms with Gasteiger partial charge in [-0.05, 0) is 51.1 Å². The Kier molecular flexibility index (Phi) is 7.24. The largest absolute Gasteiger partial charge is 0.467 e. The van der Waals surface area contributed by atoms with Gasteiger partial charge in [0.25, 0.3) is 5.91 Å². The van der Waals surface area contributed by atoms with E-state index < -0.39 is 52.5 Å². The quantitative estimate of drug-likeness (QED) is 0.462.